The Labute approximate surface area is 84.0 Å². The second-order valence-corrected chi connectivity index (χ2v) is 3.89. The van der Waals surface area contributed by atoms with E-state index in [1.165, 1.54) is 12.1 Å². The summed E-state index contributed by atoms with van der Waals surface area (Å²) in [5.41, 5.74) is 6.09. The molecule has 0 atom stereocenters. The molecule has 0 radical (unpaired) electrons. The maximum atomic E-state index is 12.9. The Morgan fingerprint density at radius 1 is 1.50 bits per heavy atom. The monoisotopic (exact) mass is 209 g/mol. The molecule has 5 heteroatoms. The standard InChI is InChI=1S/C9H8FN3S/c10-5-1-2-7-6(3-5)8(4-13-7)14-9(11)12/h1-4,13H,(H3,11,12). The second-order valence-electron chi connectivity index (χ2n) is 2.81. The number of thioether (sulfide) groups is 1. The van der Waals surface area contributed by atoms with Crippen LogP contribution >= 0.6 is 11.8 Å². The van der Waals surface area contributed by atoms with Gasteiger partial charge in [-0.25, -0.2) is 4.39 Å². The van der Waals surface area contributed by atoms with Crippen molar-refractivity contribution < 1.29 is 4.39 Å². The van der Waals surface area contributed by atoms with Crippen LogP contribution < -0.4 is 5.73 Å². The molecule has 0 saturated heterocycles. The summed E-state index contributed by atoms with van der Waals surface area (Å²) >= 11 is 1.11. The normalized spacial score (nSPS) is 10.6. The van der Waals surface area contributed by atoms with Crippen molar-refractivity contribution in [3.05, 3.63) is 30.2 Å². The Hall–Kier alpha value is -1.49. The highest BCUT2D eigenvalue weighted by Crippen LogP contribution is 2.27. The molecule has 0 spiro atoms. The van der Waals surface area contributed by atoms with E-state index in [-0.39, 0.29) is 11.0 Å². The summed E-state index contributed by atoms with van der Waals surface area (Å²) in [6, 6.07) is 4.48. The largest absolute Gasteiger partial charge is 0.378 e. The van der Waals surface area contributed by atoms with Crippen LogP contribution in [0.5, 0.6) is 0 Å². The van der Waals surface area contributed by atoms with E-state index in [2.05, 4.69) is 4.98 Å². The lowest BCUT2D eigenvalue weighted by Crippen LogP contribution is -2.02. The topological polar surface area (TPSA) is 65.7 Å². The first-order chi connectivity index (χ1) is 6.66. The van der Waals surface area contributed by atoms with Gasteiger partial charge in [-0.15, -0.1) is 0 Å². The molecule has 72 valence electrons. The van der Waals surface area contributed by atoms with Crippen molar-refractivity contribution in [2.75, 3.05) is 0 Å². The first-order valence-electron chi connectivity index (χ1n) is 3.95. The molecule has 4 N–H and O–H groups in total. The van der Waals surface area contributed by atoms with Crippen LogP contribution in [0.3, 0.4) is 0 Å². The van der Waals surface area contributed by atoms with E-state index in [9.17, 15) is 4.39 Å². The van der Waals surface area contributed by atoms with Crippen molar-refractivity contribution in [1.29, 1.82) is 5.41 Å². The number of amidine groups is 1. The number of H-pyrrole nitrogens is 1. The van der Waals surface area contributed by atoms with Gasteiger partial charge in [-0.1, -0.05) is 11.8 Å². The fourth-order valence-electron chi connectivity index (χ4n) is 1.27. The van der Waals surface area contributed by atoms with Gasteiger partial charge in [-0.2, -0.15) is 0 Å². The summed E-state index contributed by atoms with van der Waals surface area (Å²) in [6.45, 7) is 0. The molecular formula is C9H8FN3S. The zero-order valence-electron chi connectivity index (χ0n) is 7.17. The molecule has 0 saturated carbocycles. The lowest BCUT2D eigenvalue weighted by atomic mass is 10.2. The second kappa shape index (κ2) is 3.34. The fourth-order valence-corrected chi connectivity index (χ4v) is 1.90. The van der Waals surface area contributed by atoms with E-state index in [1.807, 2.05) is 0 Å². The van der Waals surface area contributed by atoms with E-state index < -0.39 is 0 Å². The van der Waals surface area contributed by atoms with Crippen LogP contribution in [0.15, 0.2) is 29.3 Å². The number of halogens is 1. The zero-order valence-corrected chi connectivity index (χ0v) is 7.99. The molecule has 0 amide bonds. The van der Waals surface area contributed by atoms with Gasteiger partial charge in [0.2, 0.25) is 0 Å². The van der Waals surface area contributed by atoms with Crippen molar-refractivity contribution >= 4 is 27.8 Å². The molecule has 0 unspecified atom stereocenters. The Balaban J connectivity index is 2.55. The highest BCUT2D eigenvalue weighted by atomic mass is 32.2. The van der Waals surface area contributed by atoms with E-state index >= 15 is 0 Å². The fraction of sp³-hybridized carbons (Fsp3) is 0. The summed E-state index contributed by atoms with van der Waals surface area (Å²) in [7, 11) is 0. The molecule has 14 heavy (non-hydrogen) atoms. The minimum absolute atomic E-state index is 0.00448. The van der Waals surface area contributed by atoms with Crippen LogP contribution in [0.25, 0.3) is 10.9 Å². The van der Waals surface area contributed by atoms with Crippen molar-refractivity contribution in [3.8, 4) is 0 Å². The van der Waals surface area contributed by atoms with Gasteiger partial charge in [-0.05, 0) is 18.2 Å². The molecule has 0 bridgehead atoms. The number of benzene rings is 1. The summed E-state index contributed by atoms with van der Waals surface area (Å²) < 4.78 is 12.9. The van der Waals surface area contributed by atoms with Crippen molar-refractivity contribution in [2.45, 2.75) is 4.90 Å². The molecule has 2 rings (SSSR count). The number of hydrogen-bond donors (Lipinski definition) is 3. The molecule has 0 fully saturated rings. The minimum Gasteiger partial charge on any atom is -0.378 e. The lowest BCUT2D eigenvalue weighted by molar-refractivity contribution is 0.629. The van der Waals surface area contributed by atoms with Gasteiger partial charge >= 0.3 is 0 Å². The number of rotatable bonds is 1. The van der Waals surface area contributed by atoms with Crippen LogP contribution in [-0.4, -0.2) is 10.2 Å². The van der Waals surface area contributed by atoms with Crippen LogP contribution in [-0.2, 0) is 0 Å². The number of fused-ring (bicyclic) bond motifs is 1. The van der Waals surface area contributed by atoms with Gasteiger partial charge in [0.05, 0.1) is 0 Å². The predicted octanol–water partition coefficient (Wildman–Crippen LogP) is 2.29. The zero-order chi connectivity index (χ0) is 10.1. The van der Waals surface area contributed by atoms with E-state index in [0.29, 0.717) is 0 Å². The average molecular weight is 209 g/mol. The quantitative estimate of drug-likeness (QED) is 0.383. The van der Waals surface area contributed by atoms with Gasteiger partial charge in [0.15, 0.2) is 5.17 Å². The number of aromatic amines is 1. The van der Waals surface area contributed by atoms with E-state index in [4.69, 9.17) is 11.1 Å². The molecule has 1 heterocycles. The van der Waals surface area contributed by atoms with Gasteiger partial charge in [0, 0.05) is 22.0 Å². The third kappa shape index (κ3) is 1.58. The number of nitrogens with one attached hydrogen (secondary N) is 2. The van der Waals surface area contributed by atoms with Crippen LogP contribution in [0, 0.1) is 11.2 Å². The van der Waals surface area contributed by atoms with Crippen LogP contribution in [0.2, 0.25) is 0 Å². The molecule has 0 aliphatic carbocycles. The third-order valence-corrected chi connectivity index (χ3v) is 2.60. The third-order valence-electron chi connectivity index (χ3n) is 1.83. The smallest absolute Gasteiger partial charge is 0.156 e. The SMILES string of the molecule is N=C(N)Sc1c[nH]c2ccc(F)cc12. The minimum atomic E-state index is -0.289. The molecule has 1 aromatic heterocycles. The summed E-state index contributed by atoms with van der Waals surface area (Å²) in [5, 5.41) is 7.88. The van der Waals surface area contributed by atoms with Crippen LogP contribution in [0.1, 0.15) is 0 Å². The number of nitrogens with two attached hydrogens (primary N) is 1. The maximum absolute atomic E-state index is 12.9. The summed E-state index contributed by atoms with van der Waals surface area (Å²) in [4.78, 5) is 3.75. The highest BCUT2D eigenvalue weighted by Gasteiger charge is 2.06. The Morgan fingerprint density at radius 3 is 3.00 bits per heavy atom. The molecule has 3 nitrogen and oxygen atoms in total. The first kappa shape index (κ1) is 9.08. The van der Waals surface area contributed by atoms with Crippen molar-refractivity contribution in [1.82, 2.24) is 4.98 Å². The van der Waals surface area contributed by atoms with Crippen molar-refractivity contribution in [2.24, 2.45) is 5.73 Å². The number of aromatic nitrogens is 1. The Kier molecular flexibility index (Phi) is 2.17. The Bertz CT molecular complexity index is 492. The number of hydrogen-bond acceptors (Lipinski definition) is 2. The lowest BCUT2D eigenvalue weighted by Gasteiger charge is -1.96. The highest BCUT2D eigenvalue weighted by molar-refractivity contribution is 8.13. The predicted molar refractivity (Wildman–Crippen MR) is 56.0 cm³/mol. The van der Waals surface area contributed by atoms with Gasteiger partial charge in [0.25, 0.3) is 0 Å². The van der Waals surface area contributed by atoms with Crippen LogP contribution in [0.4, 0.5) is 4.39 Å². The summed E-state index contributed by atoms with van der Waals surface area (Å²) in [6.07, 6.45) is 1.72. The Morgan fingerprint density at radius 2 is 2.29 bits per heavy atom. The molecule has 0 aliphatic heterocycles. The average Bonchev–Trinajstić information content (AvgIpc) is 2.47. The van der Waals surface area contributed by atoms with Gasteiger partial charge < -0.3 is 10.7 Å². The van der Waals surface area contributed by atoms with Crippen molar-refractivity contribution in [3.63, 3.8) is 0 Å². The maximum Gasteiger partial charge on any atom is 0.156 e. The molecule has 2 aromatic rings. The van der Waals surface area contributed by atoms with E-state index in [1.54, 1.807) is 12.3 Å². The molecule has 1 aromatic carbocycles. The molecular weight excluding hydrogens is 201 g/mol. The molecule has 0 aliphatic rings. The summed E-state index contributed by atoms with van der Waals surface area (Å²) in [5.74, 6) is -0.289. The van der Waals surface area contributed by atoms with Gasteiger partial charge in [0.1, 0.15) is 5.82 Å². The first-order valence-corrected chi connectivity index (χ1v) is 4.77. The van der Waals surface area contributed by atoms with Gasteiger partial charge in [-0.3, -0.25) is 5.41 Å². The van der Waals surface area contributed by atoms with E-state index in [0.717, 1.165) is 27.6 Å².